The Morgan fingerprint density at radius 2 is 1.70 bits per heavy atom. The van der Waals surface area contributed by atoms with Gasteiger partial charge in [-0.05, 0) is 43.7 Å². The number of nitrogens with one attached hydrogen (secondary N) is 1. The molecule has 1 nitrogen and oxygen atoms in total. The van der Waals surface area contributed by atoms with Gasteiger partial charge in [-0.15, -0.1) is 0 Å². The molecule has 0 aliphatic heterocycles. The maximum atomic E-state index is 14.1. The Labute approximate surface area is 126 Å². The van der Waals surface area contributed by atoms with Crippen molar-refractivity contribution in [3.63, 3.8) is 0 Å². The first-order valence-electron chi connectivity index (χ1n) is 6.33. The van der Waals surface area contributed by atoms with E-state index in [9.17, 15) is 8.78 Å². The van der Waals surface area contributed by atoms with Crippen LogP contribution < -0.4 is 5.32 Å². The van der Waals surface area contributed by atoms with E-state index in [0.717, 1.165) is 21.7 Å². The molecule has 0 heterocycles. The van der Waals surface area contributed by atoms with Gasteiger partial charge in [0, 0.05) is 16.1 Å². The van der Waals surface area contributed by atoms with E-state index in [2.05, 4.69) is 21.2 Å². The standard InChI is InChI=1S/C16H16BrF2N/c1-9-5-4-6-11(15(9)17)16(20-3)12-7-10(2)13(18)8-14(12)19/h4-8,16,20H,1-3H3. The summed E-state index contributed by atoms with van der Waals surface area (Å²) in [5.74, 6) is -1.06. The molecule has 0 aliphatic carbocycles. The molecule has 0 saturated carbocycles. The minimum atomic E-state index is -0.541. The molecule has 106 valence electrons. The Hall–Kier alpha value is -1.26. The van der Waals surface area contributed by atoms with E-state index in [0.29, 0.717) is 11.1 Å². The van der Waals surface area contributed by atoms with Crippen LogP contribution in [-0.4, -0.2) is 7.05 Å². The second kappa shape index (κ2) is 6.02. The summed E-state index contributed by atoms with van der Waals surface area (Å²) in [6.45, 7) is 3.61. The fourth-order valence-corrected chi connectivity index (χ4v) is 2.77. The molecular weight excluding hydrogens is 324 g/mol. The first-order chi connectivity index (χ1) is 9.45. The molecular formula is C16H16BrF2N. The SMILES string of the molecule is CNC(c1cc(C)c(F)cc1F)c1cccc(C)c1Br. The summed E-state index contributed by atoms with van der Waals surface area (Å²) in [6, 6.07) is 8.00. The lowest BCUT2D eigenvalue weighted by molar-refractivity contribution is 0.547. The molecule has 2 aromatic rings. The minimum absolute atomic E-state index is 0.330. The smallest absolute Gasteiger partial charge is 0.131 e. The number of benzene rings is 2. The fourth-order valence-electron chi connectivity index (χ4n) is 2.27. The van der Waals surface area contributed by atoms with Gasteiger partial charge in [0.15, 0.2) is 0 Å². The zero-order valence-corrected chi connectivity index (χ0v) is 13.2. The van der Waals surface area contributed by atoms with E-state index in [1.54, 1.807) is 20.0 Å². The van der Waals surface area contributed by atoms with E-state index in [4.69, 9.17) is 0 Å². The molecule has 2 aromatic carbocycles. The van der Waals surface area contributed by atoms with Gasteiger partial charge < -0.3 is 5.32 Å². The first kappa shape index (κ1) is 15.1. The molecule has 0 spiro atoms. The van der Waals surface area contributed by atoms with E-state index in [-0.39, 0.29) is 6.04 Å². The van der Waals surface area contributed by atoms with Gasteiger partial charge in [0.2, 0.25) is 0 Å². The van der Waals surface area contributed by atoms with Crippen LogP contribution in [0, 0.1) is 25.5 Å². The van der Waals surface area contributed by atoms with Gasteiger partial charge in [-0.1, -0.05) is 34.1 Å². The Bertz CT molecular complexity index is 641. The van der Waals surface area contributed by atoms with E-state index in [1.165, 1.54) is 0 Å². The molecule has 0 aromatic heterocycles. The molecule has 1 N–H and O–H groups in total. The van der Waals surface area contributed by atoms with Crippen molar-refractivity contribution in [2.75, 3.05) is 7.05 Å². The van der Waals surface area contributed by atoms with Crippen molar-refractivity contribution >= 4 is 15.9 Å². The van der Waals surface area contributed by atoms with Crippen molar-refractivity contribution in [3.8, 4) is 0 Å². The van der Waals surface area contributed by atoms with Gasteiger partial charge in [0.25, 0.3) is 0 Å². The lowest BCUT2D eigenvalue weighted by Crippen LogP contribution is -2.20. The van der Waals surface area contributed by atoms with Gasteiger partial charge in [0.1, 0.15) is 11.6 Å². The highest BCUT2D eigenvalue weighted by atomic mass is 79.9. The highest BCUT2D eigenvalue weighted by Crippen LogP contribution is 2.32. The predicted molar refractivity (Wildman–Crippen MR) is 80.9 cm³/mol. The van der Waals surface area contributed by atoms with E-state index in [1.807, 2.05) is 25.1 Å². The fraction of sp³-hybridized carbons (Fsp3) is 0.250. The topological polar surface area (TPSA) is 12.0 Å². The molecule has 0 saturated heterocycles. The Kier molecular flexibility index (Phi) is 4.55. The Morgan fingerprint density at radius 1 is 1.00 bits per heavy atom. The van der Waals surface area contributed by atoms with Crippen LogP contribution in [0.5, 0.6) is 0 Å². The second-order valence-corrected chi connectivity index (χ2v) is 5.62. The van der Waals surface area contributed by atoms with E-state index >= 15 is 0 Å². The molecule has 0 amide bonds. The van der Waals surface area contributed by atoms with Gasteiger partial charge in [-0.25, -0.2) is 8.78 Å². The van der Waals surface area contributed by atoms with Crippen molar-refractivity contribution in [1.29, 1.82) is 0 Å². The van der Waals surface area contributed by atoms with Crippen LogP contribution in [0.1, 0.15) is 28.3 Å². The summed E-state index contributed by atoms with van der Waals surface area (Å²) < 4.78 is 28.4. The van der Waals surface area contributed by atoms with Crippen LogP contribution in [0.25, 0.3) is 0 Å². The zero-order valence-electron chi connectivity index (χ0n) is 11.6. The van der Waals surface area contributed by atoms with Crippen molar-refractivity contribution in [2.24, 2.45) is 0 Å². The summed E-state index contributed by atoms with van der Waals surface area (Å²) in [7, 11) is 1.76. The maximum absolute atomic E-state index is 14.1. The van der Waals surface area contributed by atoms with Gasteiger partial charge in [-0.3, -0.25) is 0 Å². The monoisotopic (exact) mass is 339 g/mol. The molecule has 0 radical (unpaired) electrons. The first-order valence-corrected chi connectivity index (χ1v) is 7.12. The van der Waals surface area contributed by atoms with Crippen LogP contribution in [0.15, 0.2) is 34.8 Å². The highest BCUT2D eigenvalue weighted by molar-refractivity contribution is 9.10. The summed E-state index contributed by atoms with van der Waals surface area (Å²) in [5.41, 5.74) is 2.88. The molecule has 20 heavy (non-hydrogen) atoms. The van der Waals surface area contributed by atoms with Crippen LogP contribution in [-0.2, 0) is 0 Å². The largest absolute Gasteiger partial charge is 0.309 e. The molecule has 4 heteroatoms. The number of halogens is 3. The lowest BCUT2D eigenvalue weighted by atomic mass is 9.95. The molecule has 0 bridgehead atoms. The van der Waals surface area contributed by atoms with Crippen molar-refractivity contribution < 1.29 is 8.78 Å². The van der Waals surface area contributed by atoms with Gasteiger partial charge in [-0.2, -0.15) is 0 Å². The molecule has 0 aliphatic rings. The number of hydrogen-bond donors (Lipinski definition) is 1. The molecule has 2 rings (SSSR count). The predicted octanol–water partition coefficient (Wildman–Crippen LogP) is 4.65. The van der Waals surface area contributed by atoms with Crippen molar-refractivity contribution in [1.82, 2.24) is 5.32 Å². The maximum Gasteiger partial charge on any atom is 0.131 e. The average molecular weight is 340 g/mol. The highest BCUT2D eigenvalue weighted by Gasteiger charge is 2.20. The Morgan fingerprint density at radius 3 is 2.35 bits per heavy atom. The van der Waals surface area contributed by atoms with Crippen molar-refractivity contribution in [2.45, 2.75) is 19.9 Å². The quantitative estimate of drug-likeness (QED) is 0.857. The minimum Gasteiger partial charge on any atom is -0.309 e. The summed E-state index contributed by atoms with van der Waals surface area (Å²) in [5, 5.41) is 3.10. The second-order valence-electron chi connectivity index (χ2n) is 4.82. The Balaban J connectivity index is 2.58. The number of hydrogen-bond acceptors (Lipinski definition) is 1. The molecule has 1 unspecified atom stereocenters. The summed E-state index contributed by atoms with van der Waals surface area (Å²) >= 11 is 3.54. The summed E-state index contributed by atoms with van der Waals surface area (Å²) in [6.07, 6.45) is 0. The van der Waals surface area contributed by atoms with Crippen LogP contribution in [0.3, 0.4) is 0 Å². The molecule has 0 fully saturated rings. The average Bonchev–Trinajstić information content (AvgIpc) is 2.41. The van der Waals surface area contributed by atoms with Gasteiger partial charge in [0.05, 0.1) is 6.04 Å². The zero-order chi connectivity index (χ0) is 14.9. The number of aryl methyl sites for hydroxylation is 2. The summed E-state index contributed by atoms with van der Waals surface area (Å²) in [4.78, 5) is 0. The van der Waals surface area contributed by atoms with Gasteiger partial charge >= 0.3 is 0 Å². The normalized spacial score (nSPS) is 12.5. The van der Waals surface area contributed by atoms with E-state index < -0.39 is 11.6 Å². The lowest BCUT2D eigenvalue weighted by Gasteiger charge is -2.21. The van der Waals surface area contributed by atoms with Crippen LogP contribution >= 0.6 is 15.9 Å². The van der Waals surface area contributed by atoms with Crippen LogP contribution in [0.4, 0.5) is 8.78 Å². The molecule has 1 atom stereocenters. The van der Waals surface area contributed by atoms with Crippen LogP contribution in [0.2, 0.25) is 0 Å². The third kappa shape index (κ3) is 2.76. The van der Waals surface area contributed by atoms with Crippen molar-refractivity contribution in [3.05, 3.63) is 68.7 Å². The third-order valence-corrected chi connectivity index (χ3v) is 4.49. The third-order valence-electron chi connectivity index (χ3n) is 3.41. The number of rotatable bonds is 3.